The fourth-order valence-electron chi connectivity index (χ4n) is 2.34. The molecule has 1 aliphatic rings. The van der Waals surface area contributed by atoms with E-state index in [4.69, 9.17) is 9.84 Å². The second kappa shape index (κ2) is 5.38. The molecule has 0 aliphatic heterocycles. The van der Waals surface area contributed by atoms with Crippen molar-refractivity contribution in [2.24, 2.45) is 5.92 Å². The standard InChI is InChI=1S/C14H17FO3/c1-9-5-7-10(8-6-9)18-12-4-2-3-11(15)13(12)14(16)17/h2-4,9-10H,5-8H2,1H3,(H,16,17). The highest BCUT2D eigenvalue weighted by atomic mass is 19.1. The molecule has 0 bridgehead atoms. The molecule has 1 aromatic carbocycles. The first-order valence-electron chi connectivity index (χ1n) is 6.26. The zero-order valence-electron chi connectivity index (χ0n) is 10.4. The summed E-state index contributed by atoms with van der Waals surface area (Å²) >= 11 is 0. The second-order valence-electron chi connectivity index (χ2n) is 4.92. The Hall–Kier alpha value is -1.58. The van der Waals surface area contributed by atoms with Gasteiger partial charge in [-0.1, -0.05) is 13.0 Å². The normalized spacial score (nSPS) is 23.7. The van der Waals surface area contributed by atoms with Crippen molar-refractivity contribution in [3.8, 4) is 5.75 Å². The Morgan fingerprint density at radius 1 is 1.33 bits per heavy atom. The lowest BCUT2D eigenvalue weighted by Crippen LogP contribution is -2.24. The monoisotopic (exact) mass is 252 g/mol. The Bertz CT molecular complexity index is 437. The minimum atomic E-state index is -1.28. The van der Waals surface area contributed by atoms with Gasteiger partial charge in [-0.25, -0.2) is 9.18 Å². The van der Waals surface area contributed by atoms with E-state index in [2.05, 4.69) is 6.92 Å². The van der Waals surface area contributed by atoms with Crippen LogP contribution in [0.4, 0.5) is 4.39 Å². The lowest BCUT2D eigenvalue weighted by Gasteiger charge is -2.27. The molecule has 1 saturated carbocycles. The Balaban J connectivity index is 2.14. The van der Waals surface area contributed by atoms with Crippen LogP contribution in [0.15, 0.2) is 18.2 Å². The molecule has 4 heteroatoms. The minimum absolute atomic E-state index is 0.00102. The van der Waals surface area contributed by atoms with Crippen LogP contribution in [0.5, 0.6) is 5.75 Å². The lowest BCUT2D eigenvalue weighted by molar-refractivity contribution is 0.0678. The summed E-state index contributed by atoms with van der Waals surface area (Å²) in [6.45, 7) is 2.20. The van der Waals surface area contributed by atoms with Crippen molar-refractivity contribution < 1.29 is 19.0 Å². The molecule has 0 heterocycles. The van der Waals surface area contributed by atoms with Crippen LogP contribution in [0.3, 0.4) is 0 Å². The quantitative estimate of drug-likeness (QED) is 0.895. The SMILES string of the molecule is CC1CCC(Oc2cccc(F)c2C(=O)O)CC1. The van der Waals surface area contributed by atoms with Crippen LogP contribution in [0, 0.1) is 11.7 Å². The van der Waals surface area contributed by atoms with Gasteiger partial charge in [-0.15, -0.1) is 0 Å². The van der Waals surface area contributed by atoms with E-state index in [1.807, 2.05) is 0 Å². The number of carboxylic acids is 1. The third-order valence-electron chi connectivity index (χ3n) is 3.45. The van der Waals surface area contributed by atoms with Crippen molar-refractivity contribution in [1.82, 2.24) is 0 Å². The van der Waals surface area contributed by atoms with Crippen molar-refractivity contribution in [2.45, 2.75) is 38.7 Å². The van der Waals surface area contributed by atoms with Gasteiger partial charge in [0.25, 0.3) is 0 Å². The Morgan fingerprint density at radius 3 is 2.61 bits per heavy atom. The highest BCUT2D eigenvalue weighted by Gasteiger charge is 2.23. The van der Waals surface area contributed by atoms with Crippen molar-refractivity contribution in [1.29, 1.82) is 0 Å². The van der Waals surface area contributed by atoms with E-state index in [0.29, 0.717) is 5.92 Å². The van der Waals surface area contributed by atoms with Crippen LogP contribution in [-0.4, -0.2) is 17.2 Å². The second-order valence-corrected chi connectivity index (χ2v) is 4.92. The van der Waals surface area contributed by atoms with Gasteiger partial charge in [0.2, 0.25) is 0 Å². The van der Waals surface area contributed by atoms with E-state index in [9.17, 15) is 9.18 Å². The summed E-state index contributed by atoms with van der Waals surface area (Å²) in [5, 5.41) is 9.00. The number of benzene rings is 1. The maximum absolute atomic E-state index is 13.5. The summed E-state index contributed by atoms with van der Waals surface area (Å²) in [6.07, 6.45) is 3.94. The lowest BCUT2D eigenvalue weighted by atomic mass is 9.89. The van der Waals surface area contributed by atoms with Gasteiger partial charge in [0.1, 0.15) is 17.1 Å². The van der Waals surface area contributed by atoms with Crippen molar-refractivity contribution >= 4 is 5.97 Å². The molecule has 1 aliphatic carbocycles. The van der Waals surface area contributed by atoms with Crippen LogP contribution < -0.4 is 4.74 Å². The van der Waals surface area contributed by atoms with E-state index in [1.165, 1.54) is 12.1 Å². The molecule has 0 spiro atoms. The van der Waals surface area contributed by atoms with Crippen molar-refractivity contribution in [3.63, 3.8) is 0 Å². The average Bonchev–Trinajstić information content (AvgIpc) is 2.32. The van der Waals surface area contributed by atoms with Gasteiger partial charge in [0.15, 0.2) is 0 Å². The van der Waals surface area contributed by atoms with Gasteiger partial charge in [-0.3, -0.25) is 0 Å². The topological polar surface area (TPSA) is 46.5 Å². The number of carbonyl (C=O) groups is 1. The molecule has 2 rings (SSSR count). The number of hydrogen-bond donors (Lipinski definition) is 1. The summed E-state index contributed by atoms with van der Waals surface area (Å²) < 4.78 is 19.1. The first-order valence-corrected chi connectivity index (χ1v) is 6.26. The number of ether oxygens (including phenoxy) is 1. The molecule has 1 fully saturated rings. The third kappa shape index (κ3) is 2.81. The fourth-order valence-corrected chi connectivity index (χ4v) is 2.34. The summed E-state index contributed by atoms with van der Waals surface area (Å²) in [6, 6.07) is 4.13. The molecule has 0 amide bonds. The molecule has 0 saturated heterocycles. The molecule has 0 atom stereocenters. The van der Waals surface area contributed by atoms with Gasteiger partial charge >= 0.3 is 5.97 Å². The maximum atomic E-state index is 13.5. The molecular weight excluding hydrogens is 235 g/mol. The Morgan fingerprint density at radius 2 is 2.00 bits per heavy atom. The highest BCUT2D eigenvalue weighted by molar-refractivity contribution is 5.91. The van der Waals surface area contributed by atoms with Gasteiger partial charge in [-0.2, -0.15) is 0 Å². The number of hydrogen-bond acceptors (Lipinski definition) is 2. The van der Waals surface area contributed by atoms with Crippen LogP contribution in [0.2, 0.25) is 0 Å². The molecule has 0 unspecified atom stereocenters. The summed E-state index contributed by atoms with van der Waals surface area (Å²) in [7, 11) is 0. The Kier molecular flexibility index (Phi) is 3.84. The average molecular weight is 252 g/mol. The van der Waals surface area contributed by atoms with Crippen molar-refractivity contribution in [2.75, 3.05) is 0 Å². The van der Waals surface area contributed by atoms with Crippen LogP contribution in [-0.2, 0) is 0 Å². The smallest absolute Gasteiger partial charge is 0.342 e. The maximum Gasteiger partial charge on any atom is 0.342 e. The van der Waals surface area contributed by atoms with Crippen LogP contribution >= 0.6 is 0 Å². The Labute approximate surface area is 106 Å². The molecule has 3 nitrogen and oxygen atoms in total. The highest BCUT2D eigenvalue weighted by Crippen LogP contribution is 2.29. The predicted octanol–water partition coefficient (Wildman–Crippen LogP) is 3.48. The molecule has 18 heavy (non-hydrogen) atoms. The van der Waals surface area contributed by atoms with Gasteiger partial charge in [0.05, 0.1) is 6.10 Å². The summed E-state index contributed by atoms with van der Waals surface area (Å²) in [5.41, 5.74) is -0.365. The molecule has 0 radical (unpaired) electrons. The number of carboxylic acid groups (broad SMARTS) is 1. The zero-order chi connectivity index (χ0) is 13.1. The number of halogens is 1. The third-order valence-corrected chi connectivity index (χ3v) is 3.45. The van der Waals surface area contributed by atoms with E-state index in [0.717, 1.165) is 31.7 Å². The summed E-state index contributed by atoms with van der Waals surface area (Å²) in [4.78, 5) is 11.0. The molecule has 1 N–H and O–H groups in total. The van der Waals surface area contributed by atoms with Crippen LogP contribution in [0.1, 0.15) is 43.0 Å². The fraction of sp³-hybridized carbons (Fsp3) is 0.500. The zero-order valence-corrected chi connectivity index (χ0v) is 10.4. The van der Waals surface area contributed by atoms with Crippen LogP contribution in [0.25, 0.3) is 0 Å². The van der Waals surface area contributed by atoms with Gasteiger partial charge in [-0.05, 0) is 43.7 Å². The predicted molar refractivity (Wildman–Crippen MR) is 65.4 cm³/mol. The molecule has 1 aromatic rings. The van der Waals surface area contributed by atoms with E-state index in [-0.39, 0.29) is 17.4 Å². The number of aromatic carboxylic acids is 1. The van der Waals surface area contributed by atoms with Gasteiger partial charge < -0.3 is 9.84 Å². The molecular formula is C14H17FO3. The number of rotatable bonds is 3. The van der Waals surface area contributed by atoms with Crippen molar-refractivity contribution in [3.05, 3.63) is 29.6 Å². The summed E-state index contributed by atoms with van der Waals surface area (Å²) in [5.74, 6) is -1.20. The van der Waals surface area contributed by atoms with E-state index >= 15 is 0 Å². The van der Waals surface area contributed by atoms with E-state index in [1.54, 1.807) is 0 Å². The largest absolute Gasteiger partial charge is 0.489 e. The molecule has 0 aromatic heterocycles. The molecule has 98 valence electrons. The first-order chi connectivity index (χ1) is 8.58. The van der Waals surface area contributed by atoms with Gasteiger partial charge in [0, 0.05) is 0 Å². The van der Waals surface area contributed by atoms with E-state index < -0.39 is 11.8 Å². The minimum Gasteiger partial charge on any atom is -0.489 e. The first kappa shape index (κ1) is 12.9.